The molecule has 0 aromatic heterocycles. The minimum Gasteiger partial charge on any atom is -0.481 e. The maximum Gasteiger partial charge on any atom is 0.401 e. The van der Waals surface area contributed by atoms with E-state index in [9.17, 15) is 18.0 Å². The Kier molecular flexibility index (Phi) is 2.86. The fourth-order valence-electron chi connectivity index (χ4n) is 3.17. The summed E-state index contributed by atoms with van der Waals surface area (Å²) in [6.07, 6.45) is -1.83. The second-order valence-corrected chi connectivity index (χ2v) is 4.72. The van der Waals surface area contributed by atoms with Gasteiger partial charge in [0.25, 0.3) is 0 Å². The van der Waals surface area contributed by atoms with Crippen molar-refractivity contribution in [2.45, 2.75) is 31.5 Å². The molecule has 2 saturated carbocycles. The predicted octanol–water partition coefficient (Wildman–Crippen LogP) is 1.64. The number of hydrogen-bond acceptors (Lipinski definition) is 2. The third-order valence-electron chi connectivity index (χ3n) is 3.74. The first-order valence-electron chi connectivity index (χ1n) is 5.41. The SMILES string of the molecule is O=C(O)C1C2CCC(C2)C1NCC(F)(F)F. The molecule has 16 heavy (non-hydrogen) atoms. The van der Waals surface area contributed by atoms with Gasteiger partial charge in [-0.05, 0) is 31.1 Å². The van der Waals surface area contributed by atoms with Crippen LogP contribution in [0.1, 0.15) is 19.3 Å². The van der Waals surface area contributed by atoms with Crippen LogP contribution in [0, 0.1) is 17.8 Å². The molecule has 2 fully saturated rings. The Balaban J connectivity index is 1.99. The summed E-state index contributed by atoms with van der Waals surface area (Å²) in [5.41, 5.74) is 0. The van der Waals surface area contributed by atoms with Gasteiger partial charge in [-0.25, -0.2) is 0 Å². The van der Waals surface area contributed by atoms with E-state index < -0.39 is 30.7 Å². The summed E-state index contributed by atoms with van der Waals surface area (Å²) in [4.78, 5) is 11.0. The molecule has 2 rings (SSSR count). The van der Waals surface area contributed by atoms with Gasteiger partial charge in [0.15, 0.2) is 0 Å². The number of alkyl halides is 3. The molecule has 92 valence electrons. The summed E-state index contributed by atoms with van der Waals surface area (Å²) >= 11 is 0. The molecule has 2 N–H and O–H groups in total. The van der Waals surface area contributed by atoms with Crippen LogP contribution >= 0.6 is 0 Å². The van der Waals surface area contributed by atoms with E-state index in [1.165, 1.54) is 0 Å². The molecule has 4 unspecified atom stereocenters. The van der Waals surface area contributed by atoms with E-state index in [-0.39, 0.29) is 11.8 Å². The second-order valence-electron chi connectivity index (χ2n) is 4.72. The molecule has 0 aromatic rings. The molecule has 0 heterocycles. The summed E-state index contributed by atoms with van der Waals surface area (Å²) in [5, 5.41) is 11.4. The largest absolute Gasteiger partial charge is 0.481 e. The van der Waals surface area contributed by atoms with Crippen LogP contribution in [-0.4, -0.2) is 29.8 Å². The number of carboxylic acid groups (broad SMARTS) is 1. The number of nitrogens with one attached hydrogen (secondary N) is 1. The normalized spacial score (nSPS) is 37.9. The van der Waals surface area contributed by atoms with Crippen LogP contribution in [0.5, 0.6) is 0 Å². The van der Waals surface area contributed by atoms with E-state index in [1.54, 1.807) is 0 Å². The van der Waals surface area contributed by atoms with E-state index in [1.807, 2.05) is 0 Å². The van der Waals surface area contributed by atoms with E-state index in [0.717, 1.165) is 19.3 Å². The average Bonchev–Trinajstić information content (AvgIpc) is 2.71. The van der Waals surface area contributed by atoms with Crippen molar-refractivity contribution < 1.29 is 23.1 Å². The number of halogens is 3. The number of fused-ring (bicyclic) bond motifs is 2. The van der Waals surface area contributed by atoms with Crippen LogP contribution in [0.2, 0.25) is 0 Å². The Morgan fingerprint density at radius 3 is 2.50 bits per heavy atom. The highest BCUT2D eigenvalue weighted by Crippen LogP contribution is 2.48. The van der Waals surface area contributed by atoms with Crippen molar-refractivity contribution in [3.05, 3.63) is 0 Å². The zero-order valence-corrected chi connectivity index (χ0v) is 8.63. The molecule has 3 nitrogen and oxygen atoms in total. The lowest BCUT2D eigenvalue weighted by molar-refractivity contribution is -0.147. The molecule has 6 heteroatoms. The molecule has 2 bridgehead atoms. The predicted molar refractivity (Wildman–Crippen MR) is 49.8 cm³/mol. The van der Waals surface area contributed by atoms with Gasteiger partial charge < -0.3 is 10.4 Å². The molecular weight excluding hydrogens is 223 g/mol. The van der Waals surface area contributed by atoms with Crippen LogP contribution < -0.4 is 5.32 Å². The highest BCUT2D eigenvalue weighted by atomic mass is 19.4. The van der Waals surface area contributed by atoms with Gasteiger partial charge in [-0.2, -0.15) is 13.2 Å². The van der Waals surface area contributed by atoms with Gasteiger partial charge in [-0.15, -0.1) is 0 Å². The van der Waals surface area contributed by atoms with Crippen molar-refractivity contribution in [1.82, 2.24) is 5.32 Å². The van der Waals surface area contributed by atoms with E-state index in [4.69, 9.17) is 5.11 Å². The lowest BCUT2D eigenvalue weighted by Crippen LogP contribution is -2.47. The Labute approximate surface area is 91.0 Å². The van der Waals surface area contributed by atoms with E-state index in [2.05, 4.69) is 5.32 Å². The molecule has 0 spiro atoms. The fourth-order valence-corrected chi connectivity index (χ4v) is 3.17. The molecule has 0 amide bonds. The summed E-state index contributed by atoms with van der Waals surface area (Å²) in [6.45, 7) is -1.09. The number of carboxylic acids is 1. The average molecular weight is 237 g/mol. The summed E-state index contributed by atoms with van der Waals surface area (Å²) in [7, 11) is 0. The Morgan fingerprint density at radius 1 is 1.31 bits per heavy atom. The van der Waals surface area contributed by atoms with Crippen molar-refractivity contribution in [2.75, 3.05) is 6.54 Å². The minimum atomic E-state index is -4.27. The van der Waals surface area contributed by atoms with Crippen molar-refractivity contribution in [3.8, 4) is 0 Å². The van der Waals surface area contributed by atoms with Crippen LogP contribution in [0.25, 0.3) is 0 Å². The minimum absolute atomic E-state index is 0.0632. The standard InChI is InChI=1S/C10H14F3NO2/c11-10(12,13)4-14-8-6-2-1-5(3-6)7(8)9(15)16/h5-8,14H,1-4H2,(H,15,16). The van der Waals surface area contributed by atoms with Crippen molar-refractivity contribution in [2.24, 2.45) is 17.8 Å². The van der Waals surface area contributed by atoms with Crippen LogP contribution in [0.4, 0.5) is 13.2 Å². The first kappa shape index (κ1) is 11.7. The van der Waals surface area contributed by atoms with Gasteiger partial charge in [0.2, 0.25) is 0 Å². The lowest BCUT2D eigenvalue weighted by atomic mass is 9.84. The van der Waals surface area contributed by atoms with Crippen LogP contribution in [0.3, 0.4) is 0 Å². The smallest absolute Gasteiger partial charge is 0.401 e. The maximum absolute atomic E-state index is 12.1. The van der Waals surface area contributed by atoms with Crippen molar-refractivity contribution in [1.29, 1.82) is 0 Å². The monoisotopic (exact) mass is 237 g/mol. The first-order chi connectivity index (χ1) is 7.38. The number of aliphatic carboxylic acids is 1. The number of hydrogen-bond donors (Lipinski definition) is 2. The zero-order valence-electron chi connectivity index (χ0n) is 8.63. The van der Waals surface area contributed by atoms with Crippen molar-refractivity contribution in [3.63, 3.8) is 0 Å². The fraction of sp³-hybridized carbons (Fsp3) is 0.900. The first-order valence-corrected chi connectivity index (χ1v) is 5.41. The van der Waals surface area contributed by atoms with Gasteiger partial charge in [0.1, 0.15) is 0 Å². The number of rotatable bonds is 3. The Morgan fingerprint density at radius 2 is 1.94 bits per heavy atom. The molecule has 4 atom stereocenters. The quantitative estimate of drug-likeness (QED) is 0.784. The molecular formula is C10H14F3NO2. The maximum atomic E-state index is 12.1. The second kappa shape index (κ2) is 3.91. The summed E-state index contributed by atoms with van der Waals surface area (Å²) < 4.78 is 36.2. The molecule has 2 aliphatic carbocycles. The van der Waals surface area contributed by atoms with Crippen LogP contribution in [-0.2, 0) is 4.79 Å². The van der Waals surface area contributed by atoms with Gasteiger partial charge in [-0.1, -0.05) is 0 Å². The Hall–Kier alpha value is -0.780. The third kappa shape index (κ3) is 2.16. The zero-order chi connectivity index (χ0) is 11.9. The highest BCUT2D eigenvalue weighted by molar-refractivity contribution is 5.72. The van der Waals surface area contributed by atoms with Gasteiger partial charge in [-0.3, -0.25) is 4.79 Å². The van der Waals surface area contributed by atoms with Crippen LogP contribution in [0.15, 0.2) is 0 Å². The highest BCUT2D eigenvalue weighted by Gasteiger charge is 2.51. The Bertz CT molecular complexity index is 292. The third-order valence-corrected chi connectivity index (χ3v) is 3.74. The number of carbonyl (C=O) groups is 1. The van der Waals surface area contributed by atoms with Gasteiger partial charge in [0.05, 0.1) is 12.5 Å². The molecule has 2 aliphatic rings. The summed E-state index contributed by atoms with van der Waals surface area (Å²) in [5.74, 6) is -1.44. The van der Waals surface area contributed by atoms with Crippen molar-refractivity contribution >= 4 is 5.97 Å². The molecule has 0 aliphatic heterocycles. The molecule has 0 aromatic carbocycles. The lowest BCUT2D eigenvalue weighted by Gasteiger charge is -2.29. The van der Waals surface area contributed by atoms with E-state index >= 15 is 0 Å². The van der Waals surface area contributed by atoms with Gasteiger partial charge >= 0.3 is 12.1 Å². The molecule has 0 radical (unpaired) electrons. The van der Waals surface area contributed by atoms with Gasteiger partial charge in [0, 0.05) is 6.04 Å². The van der Waals surface area contributed by atoms with E-state index in [0.29, 0.717) is 0 Å². The summed E-state index contributed by atoms with van der Waals surface area (Å²) in [6, 6.07) is -0.502. The molecule has 0 saturated heterocycles. The topological polar surface area (TPSA) is 49.3 Å².